The van der Waals surface area contributed by atoms with Crippen molar-refractivity contribution in [1.82, 2.24) is 0 Å². The number of rotatable bonds is 13. The van der Waals surface area contributed by atoms with Crippen molar-refractivity contribution in [3.05, 3.63) is 22.6 Å². The second-order valence-electron chi connectivity index (χ2n) is 13.8. The van der Waals surface area contributed by atoms with Crippen LogP contribution in [0.15, 0.2) is 12.1 Å². The van der Waals surface area contributed by atoms with Crippen molar-refractivity contribution in [1.29, 1.82) is 0 Å². The fourth-order valence-electron chi connectivity index (χ4n) is 7.55. The van der Waals surface area contributed by atoms with Crippen LogP contribution in [0.25, 0.3) is 11.6 Å². The van der Waals surface area contributed by atoms with Crippen LogP contribution in [0.3, 0.4) is 0 Å². The molecular weight excluding hydrogens is 550 g/mol. The van der Waals surface area contributed by atoms with Gasteiger partial charge in [-0.3, -0.25) is 0 Å². The minimum absolute atomic E-state index is 0.827. The summed E-state index contributed by atoms with van der Waals surface area (Å²) in [6, 6.07) is 5.66. The molecular formula is C35H61BSn. The molecule has 0 aliphatic heterocycles. The van der Waals surface area contributed by atoms with E-state index in [2.05, 4.69) is 53.8 Å². The Kier molecular flexibility index (Phi) is 13.7. The minimum atomic E-state index is -2.36. The van der Waals surface area contributed by atoms with Crippen molar-refractivity contribution in [3.8, 4) is 0 Å². The molecule has 2 aliphatic rings. The molecule has 0 unspecified atom stereocenters. The van der Waals surface area contributed by atoms with E-state index in [-0.39, 0.29) is 0 Å². The quantitative estimate of drug-likeness (QED) is 0.154. The molecule has 3 rings (SSSR count). The van der Waals surface area contributed by atoms with Crippen molar-refractivity contribution in [2.75, 3.05) is 0 Å². The predicted octanol–water partition coefficient (Wildman–Crippen LogP) is 9.10. The van der Waals surface area contributed by atoms with Crippen LogP contribution in [0.5, 0.6) is 0 Å². The summed E-state index contributed by atoms with van der Waals surface area (Å²) in [5, 5.41) is 3.30. The zero-order chi connectivity index (χ0) is 26.7. The van der Waals surface area contributed by atoms with Crippen LogP contribution >= 0.6 is 0 Å². The molecule has 0 bridgehead atoms. The normalized spacial score (nSPS) is 18.4. The van der Waals surface area contributed by atoms with Gasteiger partial charge in [-0.25, -0.2) is 0 Å². The Bertz CT molecular complexity index is 884. The zero-order valence-corrected chi connectivity index (χ0v) is 28.8. The first-order valence-electron chi connectivity index (χ1n) is 16.8. The maximum absolute atomic E-state index is 2.84. The molecule has 2 heteroatoms. The Labute approximate surface area is 236 Å². The van der Waals surface area contributed by atoms with Crippen molar-refractivity contribution in [2.45, 2.75) is 169 Å². The first kappa shape index (κ1) is 31.4. The molecule has 0 amide bonds. The van der Waals surface area contributed by atoms with Gasteiger partial charge in [0.2, 0.25) is 0 Å². The Morgan fingerprint density at radius 1 is 0.757 bits per heavy atom. The van der Waals surface area contributed by atoms with E-state index in [1.54, 1.807) is 16.0 Å². The summed E-state index contributed by atoms with van der Waals surface area (Å²) in [6.07, 6.45) is 29.2. The molecule has 37 heavy (non-hydrogen) atoms. The summed E-state index contributed by atoms with van der Waals surface area (Å²) in [7, 11) is 0. The molecule has 2 saturated carbocycles. The number of benzene rings is 1. The third kappa shape index (κ3) is 9.18. The molecule has 1 aromatic rings. The van der Waals surface area contributed by atoms with Gasteiger partial charge in [0.1, 0.15) is 0 Å². The van der Waals surface area contributed by atoms with E-state index in [0.29, 0.717) is 0 Å². The van der Waals surface area contributed by atoms with Gasteiger partial charge in [0.05, 0.1) is 0 Å². The van der Waals surface area contributed by atoms with E-state index >= 15 is 0 Å². The number of hydrogen-bond donors (Lipinski definition) is 0. The maximum atomic E-state index is 2.84. The number of hydrogen-bond acceptors (Lipinski definition) is 0. The van der Waals surface area contributed by atoms with Gasteiger partial charge in [-0.2, -0.15) is 0 Å². The molecule has 0 atom stereocenters. The van der Waals surface area contributed by atoms with E-state index in [1.165, 1.54) is 122 Å². The van der Waals surface area contributed by atoms with E-state index < -0.39 is 18.4 Å². The Balaban J connectivity index is 2.28. The number of unbranched alkanes of at least 4 members (excludes halogenated alkanes) is 4. The zero-order valence-electron chi connectivity index (χ0n) is 25.9. The van der Waals surface area contributed by atoms with Gasteiger partial charge in [0.25, 0.3) is 0 Å². The van der Waals surface area contributed by atoms with E-state index in [1.807, 2.05) is 9.04 Å². The molecule has 2 fully saturated rings. The third-order valence-electron chi connectivity index (χ3n) is 9.67. The van der Waals surface area contributed by atoms with Gasteiger partial charge in [-0.1, -0.05) is 0 Å². The molecule has 2 aliphatic carbocycles. The van der Waals surface area contributed by atoms with E-state index in [0.717, 1.165) is 18.3 Å². The third-order valence-corrected chi connectivity index (χ3v) is 15.5. The topological polar surface area (TPSA) is 0 Å². The molecule has 1 aromatic carbocycles. The van der Waals surface area contributed by atoms with Crippen LogP contribution < -0.4 is 19.5 Å². The van der Waals surface area contributed by atoms with E-state index in [4.69, 9.17) is 0 Å². The van der Waals surface area contributed by atoms with Gasteiger partial charge in [-0.15, -0.1) is 0 Å². The van der Waals surface area contributed by atoms with Crippen LogP contribution in [-0.2, 0) is 0 Å². The van der Waals surface area contributed by atoms with Gasteiger partial charge in [-0.05, 0) is 0 Å². The van der Waals surface area contributed by atoms with E-state index in [9.17, 15) is 0 Å². The standard InChI is InChI=1S/C32H52B.3CH3.Sn/c1-4-7-12-19-28-26-31(24-25-32(28)27(17-8-5-2)18-9-6-3)33(29-20-13-10-14-21-29)30-22-15-11-16-23-30;;;;/h19,25-26,29-30H,4-18,20-23H2,1-3H3;3*1H3;/b28-19+;;;;. The molecule has 0 radical (unpaired) electrons. The first-order valence-corrected chi connectivity index (χ1v) is 26.8. The van der Waals surface area contributed by atoms with Gasteiger partial charge >= 0.3 is 238 Å². The summed E-state index contributed by atoms with van der Waals surface area (Å²) >= 11 is -2.36. The van der Waals surface area contributed by atoms with Crippen LogP contribution in [0.1, 0.15) is 143 Å². The molecule has 0 N–H and O–H groups in total. The fourth-order valence-corrected chi connectivity index (χ4v) is 12.4. The Morgan fingerprint density at radius 2 is 1.27 bits per heavy atom. The summed E-state index contributed by atoms with van der Waals surface area (Å²) in [4.78, 5) is 8.11. The fraction of sp³-hybridized carbons (Fsp3) is 0.771. The molecule has 0 heterocycles. The summed E-state index contributed by atoms with van der Waals surface area (Å²) in [5.41, 5.74) is 3.64. The van der Waals surface area contributed by atoms with Crippen LogP contribution in [0.2, 0.25) is 26.5 Å². The average Bonchev–Trinajstić information content (AvgIpc) is 2.90. The van der Waals surface area contributed by atoms with Crippen molar-refractivity contribution < 1.29 is 0 Å². The Morgan fingerprint density at radius 3 is 1.73 bits per heavy atom. The second kappa shape index (κ2) is 16.2. The molecule has 0 nitrogen and oxygen atoms in total. The summed E-state index contributed by atoms with van der Waals surface area (Å²) in [5.74, 6) is 1.87. The average molecular weight is 611 g/mol. The molecule has 0 saturated heterocycles. The van der Waals surface area contributed by atoms with Crippen LogP contribution in [-0.4, -0.2) is 25.1 Å². The van der Waals surface area contributed by atoms with Crippen LogP contribution in [0, 0.1) is 0 Å². The summed E-state index contributed by atoms with van der Waals surface area (Å²) < 4.78 is 1.89. The van der Waals surface area contributed by atoms with Crippen molar-refractivity contribution in [2.24, 2.45) is 0 Å². The Hall–Kier alpha value is -0.176. The predicted molar refractivity (Wildman–Crippen MR) is 174 cm³/mol. The molecule has 0 spiro atoms. The van der Waals surface area contributed by atoms with Gasteiger partial charge in [0.15, 0.2) is 0 Å². The molecule has 208 valence electrons. The van der Waals surface area contributed by atoms with Crippen molar-refractivity contribution >= 4 is 45.8 Å². The SMILES string of the molecule is CCCC/C=c1\cc(B(C2CCCCC2)C2CCCCC2)[c]([Sn]([CH3])([CH3])[CH3])cc1=C(CCCC)CCCC. The second-order valence-corrected chi connectivity index (χ2v) is 28.1. The van der Waals surface area contributed by atoms with Gasteiger partial charge in [0, 0.05) is 0 Å². The van der Waals surface area contributed by atoms with Crippen LogP contribution in [0.4, 0.5) is 0 Å². The van der Waals surface area contributed by atoms with Gasteiger partial charge < -0.3 is 0 Å². The first-order chi connectivity index (χ1) is 17.9. The monoisotopic (exact) mass is 612 g/mol. The van der Waals surface area contributed by atoms with Crippen molar-refractivity contribution in [3.63, 3.8) is 0 Å². The molecule has 0 aromatic heterocycles. The summed E-state index contributed by atoms with van der Waals surface area (Å²) in [6.45, 7) is 7.91.